The fraction of sp³-hybridized carbons (Fsp3) is 0.462. The number of carbonyl (C=O) groups excluding carboxylic acids is 1. The van der Waals surface area contributed by atoms with Crippen molar-refractivity contribution in [3.63, 3.8) is 0 Å². The number of carboxylic acid groups (broad SMARTS) is 1. The summed E-state index contributed by atoms with van der Waals surface area (Å²) < 4.78 is 0. The third-order valence-corrected chi connectivity index (χ3v) is 2.47. The normalized spacial score (nSPS) is 12.2. The van der Waals surface area contributed by atoms with Crippen LogP contribution >= 0.6 is 0 Å². The number of rotatable bonds is 5. The Morgan fingerprint density at radius 2 is 2.11 bits per heavy atom. The predicted molar refractivity (Wildman–Crippen MR) is 67.3 cm³/mol. The SMILES string of the molecule is Cc1cc(C(=O)N[C@H](CC(C)C)C(=O)O)ccn1. The van der Waals surface area contributed by atoms with Gasteiger partial charge in [0.05, 0.1) is 0 Å². The van der Waals surface area contributed by atoms with Crippen molar-refractivity contribution in [2.24, 2.45) is 5.92 Å². The lowest BCUT2D eigenvalue weighted by Gasteiger charge is -2.16. The third-order valence-electron chi connectivity index (χ3n) is 2.47. The summed E-state index contributed by atoms with van der Waals surface area (Å²) in [4.78, 5) is 26.9. The van der Waals surface area contributed by atoms with E-state index in [2.05, 4.69) is 10.3 Å². The minimum absolute atomic E-state index is 0.200. The molecular formula is C13H18N2O3. The lowest BCUT2D eigenvalue weighted by molar-refractivity contribution is -0.139. The fourth-order valence-corrected chi connectivity index (χ4v) is 1.62. The first-order chi connectivity index (χ1) is 8.40. The molecule has 0 unspecified atom stereocenters. The van der Waals surface area contributed by atoms with Gasteiger partial charge in [-0.2, -0.15) is 0 Å². The van der Waals surface area contributed by atoms with Crippen LogP contribution in [0.2, 0.25) is 0 Å². The molecule has 1 aromatic rings. The van der Waals surface area contributed by atoms with Gasteiger partial charge in [0.25, 0.3) is 5.91 Å². The molecule has 0 aliphatic carbocycles. The molecule has 98 valence electrons. The summed E-state index contributed by atoms with van der Waals surface area (Å²) in [6.45, 7) is 5.61. The number of nitrogens with zero attached hydrogens (tertiary/aromatic N) is 1. The Hall–Kier alpha value is -1.91. The van der Waals surface area contributed by atoms with Crippen molar-refractivity contribution < 1.29 is 14.7 Å². The molecule has 5 heteroatoms. The summed E-state index contributed by atoms with van der Waals surface area (Å²) in [6.07, 6.45) is 1.94. The molecule has 1 rings (SSSR count). The lowest BCUT2D eigenvalue weighted by Crippen LogP contribution is -2.41. The molecule has 5 nitrogen and oxygen atoms in total. The lowest BCUT2D eigenvalue weighted by atomic mass is 10.0. The van der Waals surface area contributed by atoms with Crippen LogP contribution in [0.15, 0.2) is 18.3 Å². The number of nitrogens with one attached hydrogen (secondary N) is 1. The number of carbonyl (C=O) groups is 2. The highest BCUT2D eigenvalue weighted by atomic mass is 16.4. The van der Waals surface area contributed by atoms with E-state index in [4.69, 9.17) is 5.11 Å². The van der Waals surface area contributed by atoms with Gasteiger partial charge < -0.3 is 10.4 Å². The van der Waals surface area contributed by atoms with Crippen LogP contribution in [0.4, 0.5) is 0 Å². The monoisotopic (exact) mass is 250 g/mol. The van der Waals surface area contributed by atoms with E-state index >= 15 is 0 Å². The molecule has 0 saturated heterocycles. The van der Waals surface area contributed by atoms with E-state index in [1.807, 2.05) is 13.8 Å². The van der Waals surface area contributed by atoms with Gasteiger partial charge in [0.15, 0.2) is 0 Å². The largest absolute Gasteiger partial charge is 0.480 e. The highest BCUT2D eigenvalue weighted by molar-refractivity contribution is 5.96. The molecule has 0 bridgehead atoms. The summed E-state index contributed by atoms with van der Waals surface area (Å²) in [5.74, 6) is -1.19. The standard InChI is InChI=1S/C13H18N2O3/c1-8(2)6-11(13(17)18)15-12(16)10-4-5-14-9(3)7-10/h4-5,7-8,11H,6H2,1-3H3,(H,15,16)(H,17,18)/t11-/m1/s1. The number of carboxylic acids is 1. The van der Waals surface area contributed by atoms with Crippen molar-refractivity contribution in [2.75, 3.05) is 0 Å². The Kier molecular flexibility index (Phi) is 4.83. The Morgan fingerprint density at radius 1 is 1.44 bits per heavy atom. The summed E-state index contributed by atoms with van der Waals surface area (Å²) in [7, 11) is 0. The number of amides is 1. The van der Waals surface area contributed by atoms with Crippen LogP contribution in [0.25, 0.3) is 0 Å². The van der Waals surface area contributed by atoms with Gasteiger partial charge in [0.1, 0.15) is 6.04 Å². The smallest absolute Gasteiger partial charge is 0.326 e. The maximum atomic E-state index is 11.9. The summed E-state index contributed by atoms with van der Waals surface area (Å²) in [6, 6.07) is 2.34. The second kappa shape index (κ2) is 6.14. The maximum Gasteiger partial charge on any atom is 0.326 e. The zero-order chi connectivity index (χ0) is 13.7. The molecule has 1 aromatic heterocycles. The quantitative estimate of drug-likeness (QED) is 0.832. The highest BCUT2D eigenvalue weighted by Crippen LogP contribution is 2.07. The molecule has 18 heavy (non-hydrogen) atoms. The Labute approximate surface area is 106 Å². The molecule has 0 radical (unpaired) electrons. The van der Waals surface area contributed by atoms with Gasteiger partial charge in [0.2, 0.25) is 0 Å². The minimum atomic E-state index is -1.01. The van der Waals surface area contributed by atoms with E-state index in [9.17, 15) is 9.59 Å². The second-order valence-corrected chi connectivity index (χ2v) is 4.68. The van der Waals surface area contributed by atoms with Crippen molar-refractivity contribution in [1.82, 2.24) is 10.3 Å². The number of aromatic nitrogens is 1. The Morgan fingerprint density at radius 3 is 2.61 bits per heavy atom. The summed E-state index contributed by atoms with van der Waals surface area (Å²) in [5, 5.41) is 11.6. The van der Waals surface area contributed by atoms with Crippen molar-refractivity contribution >= 4 is 11.9 Å². The molecule has 2 N–H and O–H groups in total. The summed E-state index contributed by atoms with van der Waals surface area (Å²) in [5.41, 5.74) is 1.15. The van der Waals surface area contributed by atoms with E-state index in [0.717, 1.165) is 5.69 Å². The molecule has 0 saturated carbocycles. The van der Waals surface area contributed by atoms with Gasteiger partial charge in [-0.25, -0.2) is 4.79 Å². The first-order valence-electron chi connectivity index (χ1n) is 5.86. The van der Waals surface area contributed by atoms with Gasteiger partial charge in [-0.1, -0.05) is 13.8 Å². The number of pyridine rings is 1. The maximum absolute atomic E-state index is 11.9. The van der Waals surface area contributed by atoms with E-state index in [1.165, 1.54) is 6.20 Å². The van der Waals surface area contributed by atoms with Crippen molar-refractivity contribution in [2.45, 2.75) is 33.2 Å². The van der Waals surface area contributed by atoms with Gasteiger partial charge in [-0.3, -0.25) is 9.78 Å². The van der Waals surface area contributed by atoms with Crippen molar-refractivity contribution in [3.05, 3.63) is 29.6 Å². The highest BCUT2D eigenvalue weighted by Gasteiger charge is 2.21. The topological polar surface area (TPSA) is 79.3 Å². The average molecular weight is 250 g/mol. The van der Waals surface area contributed by atoms with Crippen LogP contribution in [-0.2, 0) is 4.79 Å². The van der Waals surface area contributed by atoms with Gasteiger partial charge in [0, 0.05) is 17.5 Å². The van der Waals surface area contributed by atoms with Gasteiger partial charge >= 0.3 is 5.97 Å². The first kappa shape index (κ1) is 14.2. The minimum Gasteiger partial charge on any atom is -0.480 e. The van der Waals surface area contributed by atoms with Crippen LogP contribution in [0, 0.1) is 12.8 Å². The van der Waals surface area contributed by atoms with Gasteiger partial charge in [-0.05, 0) is 31.4 Å². The van der Waals surface area contributed by atoms with E-state index in [1.54, 1.807) is 19.1 Å². The Balaban J connectivity index is 2.75. The predicted octanol–water partition coefficient (Wildman–Crippen LogP) is 1.62. The fourth-order valence-electron chi connectivity index (χ4n) is 1.62. The molecule has 0 spiro atoms. The van der Waals surface area contributed by atoms with Crippen LogP contribution in [0.3, 0.4) is 0 Å². The third kappa shape index (κ3) is 4.16. The van der Waals surface area contributed by atoms with Crippen LogP contribution in [0.5, 0.6) is 0 Å². The zero-order valence-corrected chi connectivity index (χ0v) is 10.8. The number of aryl methyl sites for hydroxylation is 1. The average Bonchev–Trinajstić information content (AvgIpc) is 2.27. The molecule has 0 aromatic carbocycles. The van der Waals surface area contributed by atoms with Gasteiger partial charge in [-0.15, -0.1) is 0 Å². The van der Waals surface area contributed by atoms with E-state index < -0.39 is 12.0 Å². The second-order valence-electron chi connectivity index (χ2n) is 4.68. The number of hydrogen-bond donors (Lipinski definition) is 2. The molecular weight excluding hydrogens is 232 g/mol. The van der Waals surface area contributed by atoms with Crippen LogP contribution in [0.1, 0.15) is 36.3 Å². The molecule has 0 aliphatic heterocycles. The number of aliphatic carboxylic acids is 1. The zero-order valence-electron chi connectivity index (χ0n) is 10.8. The molecule has 0 fully saturated rings. The van der Waals surface area contributed by atoms with Crippen molar-refractivity contribution in [1.29, 1.82) is 0 Å². The van der Waals surface area contributed by atoms with Crippen LogP contribution in [-0.4, -0.2) is 28.0 Å². The van der Waals surface area contributed by atoms with E-state index in [0.29, 0.717) is 12.0 Å². The van der Waals surface area contributed by atoms with Crippen molar-refractivity contribution in [3.8, 4) is 0 Å². The molecule has 1 atom stereocenters. The molecule has 0 aliphatic rings. The molecule has 1 amide bonds. The van der Waals surface area contributed by atoms with Crippen LogP contribution < -0.4 is 5.32 Å². The number of hydrogen-bond acceptors (Lipinski definition) is 3. The molecule has 1 heterocycles. The summed E-state index contributed by atoms with van der Waals surface area (Å²) >= 11 is 0. The first-order valence-corrected chi connectivity index (χ1v) is 5.86. The Bertz CT molecular complexity index is 444. The van der Waals surface area contributed by atoms with E-state index in [-0.39, 0.29) is 11.8 Å².